The number of hydrogen-bond donors (Lipinski definition) is 2. The zero-order valence-electron chi connectivity index (χ0n) is 2.83. The van der Waals surface area contributed by atoms with E-state index in [1.54, 1.807) is 0 Å². The van der Waals surface area contributed by atoms with E-state index in [9.17, 15) is 0 Å². The smallest absolute Gasteiger partial charge is 0.262 e. The van der Waals surface area contributed by atoms with Crippen molar-refractivity contribution >= 4 is 10.4 Å². The Hall–Kier alpha value is 0.349. The van der Waals surface area contributed by atoms with Crippen LogP contribution in [0.3, 0.4) is 0 Å². The Balaban J connectivity index is 0. The fourth-order valence-corrected chi connectivity index (χ4v) is 0. The molecule has 0 rings (SSSR count). The Morgan fingerprint density at radius 1 is 1.43 bits per heavy atom. The summed E-state index contributed by atoms with van der Waals surface area (Å²) in [7, 11) is -4.61. The fraction of sp³-hybridized carbons (Fsp3) is 0. The number of hydrogen-bond acceptors (Lipinski definition) is 4. The normalized spacial score (nSPS) is 10.0. The summed E-state index contributed by atoms with van der Waals surface area (Å²) < 4.78 is 28.0. The van der Waals surface area contributed by atoms with Gasteiger partial charge in [0.1, 0.15) is 0 Å². The molecule has 0 saturated heterocycles. The first-order valence-corrected chi connectivity index (χ1v) is 2.23. The molecule has 0 unspecified atom stereocenters. The van der Waals surface area contributed by atoms with Gasteiger partial charge in [-0.25, -0.2) is 5.26 Å². The third-order valence-corrected chi connectivity index (χ3v) is 0.283. The maximum atomic E-state index is 9.08. The predicted molar refractivity (Wildman–Crippen MR) is 15.3 cm³/mol. The van der Waals surface area contributed by atoms with Crippen LogP contribution in [-0.2, 0) is 31.8 Å². The molecular formula is H2CuO5S. The monoisotopic (exact) mass is 177 g/mol. The Labute approximate surface area is 50.6 Å². The molecule has 0 atom stereocenters. The minimum absolute atomic E-state index is 0. The summed E-state index contributed by atoms with van der Waals surface area (Å²) in [4.78, 5) is 0. The van der Waals surface area contributed by atoms with E-state index in [0.29, 0.717) is 0 Å². The van der Waals surface area contributed by atoms with Crippen molar-refractivity contribution in [3.05, 3.63) is 0 Å². The third kappa shape index (κ3) is 10.7. The molecule has 0 aromatic carbocycles. The molecule has 7 heteroatoms. The number of rotatable bonds is 1. The second-order valence-electron chi connectivity index (χ2n) is 0.502. The van der Waals surface area contributed by atoms with Crippen molar-refractivity contribution in [2.24, 2.45) is 0 Å². The molecular weight excluding hydrogens is 176 g/mol. The molecule has 0 spiro atoms. The van der Waals surface area contributed by atoms with Gasteiger partial charge < -0.3 is 0 Å². The van der Waals surface area contributed by atoms with Crippen LogP contribution in [-0.4, -0.2) is 18.2 Å². The summed E-state index contributed by atoms with van der Waals surface area (Å²) in [5.41, 5.74) is 0. The zero-order chi connectivity index (χ0) is 5.21. The van der Waals surface area contributed by atoms with Crippen LogP contribution in [0.2, 0.25) is 0 Å². The molecule has 0 aliphatic heterocycles. The topological polar surface area (TPSA) is 83.8 Å². The maximum absolute atomic E-state index is 9.08. The van der Waals surface area contributed by atoms with Crippen LogP contribution in [0.1, 0.15) is 0 Å². The van der Waals surface area contributed by atoms with E-state index in [0.717, 1.165) is 0 Å². The largest absolute Gasteiger partial charge is 0.423 e. The van der Waals surface area contributed by atoms with Crippen LogP contribution in [0.5, 0.6) is 0 Å². The predicted octanol–water partition coefficient (Wildman–Crippen LogP) is -0.724. The third-order valence-electron chi connectivity index (χ3n) is 0.0942. The first-order chi connectivity index (χ1) is 2.56. The van der Waals surface area contributed by atoms with Crippen molar-refractivity contribution in [1.29, 1.82) is 0 Å². The SMILES string of the molecule is O=S(=O)(O)OO.[Cu]. The van der Waals surface area contributed by atoms with E-state index in [2.05, 4.69) is 4.33 Å². The van der Waals surface area contributed by atoms with Gasteiger partial charge in [-0.15, -0.1) is 0 Å². The summed E-state index contributed by atoms with van der Waals surface area (Å²) in [5.74, 6) is 0. The van der Waals surface area contributed by atoms with Crippen LogP contribution in [0.15, 0.2) is 0 Å². The van der Waals surface area contributed by atoms with Crippen molar-refractivity contribution < 1.29 is 39.6 Å². The molecule has 0 amide bonds. The standard InChI is InChI=1S/Cu.H2O5S/c;1-5-6(2,3)4/h;1H,(H,2,3,4). The van der Waals surface area contributed by atoms with Gasteiger partial charge in [0.25, 0.3) is 0 Å². The van der Waals surface area contributed by atoms with Gasteiger partial charge in [0, 0.05) is 17.1 Å². The molecule has 2 N–H and O–H groups in total. The van der Waals surface area contributed by atoms with Gasteiger partial charge in [-0.1, -0.05) is 4.33 Å². The Bertz CT molecular complexity index is 110. The maximum Gasteiger partial charge on any atom is 0.423 e. The molecule has 0 saturated carbocycles. The summed E-state index contributed by atoms with van der Waals surface area (Å²) in [6.45, 7) is 0. The second kappa shape index (κ2) is 3.36. The Morgan fingerprint density at radius 3 is 1.57 bits per heavy atom. The summed E-state index contributed by atoms with van der Waals surface area (Å²) in [6, 6.07) is 0. The first kappa shape index (κ1) is 10.4. The molecule has 0 aromatic heterocycles. The van der Waals surface area contributed by atoms with E-state index < -0.39 is 10.4 Å². The molecule has 0 bridgehead atoms. The van der Waals surface area contributed by atoms with Gasteiger partial charge in [-0.3, -0.25) is 4.55 Å². The molecule has 0 aliphatic carbocycles. The van der Waals surface area contributed by atoms with Crippen molar-refractivity contribution in [2.45, 2.75) is 0 Å². The molecule has 5 nitrogen and oxygen atoms in total. The second-order valence-corrected chi connectivity index (χ2v) is 1.51. The van der Waals surface area contributed by atoms with Crippen LogP contribution >= 0.6 is 0 Å². The van der Waals surface area contributed by atoms with Gasteiger partial charge in [0.15, 0.2) is 0 Å². The summed E-state index contributed by atoms with van der Waals surface area (Å²) in [5, 5.41) is 7.06. The molecule has 0 aromatic rings. The Kier molecular flexibility index (Phi) is 4.98. The Morgan fingerprint density at radius 2 is 1.57 bits per heavy atom. The van der Waals surface area contributed by atoms with Gasteiger partial charge in [-0.2, -0.15) is 8.42 Å². The van der Waals surface area contributed by atoms with Crippen molar-refractivity contribution in [2.75, 3.05) is 0 Å². The van der Waals surface area contributed by atoms with Gasteiger partial charge in [0.2, 0.25) is 0 Å². The average Bonchev–Trinajstić information content (AvgIpc) is 1.35. The molecule has 49 valence electrons. The van der Waals surface area contributed by atoms with E-state index in [1.807, 2.05) is 0 Å². The van der Waals surface area contributed by atoms with Crippen LogP contribution < -0.4 is 0 Å². The minimum atomic E-state index is -4.61. The molecule has 0 fully saturated rings. The fourth-order valence-electron chi connectivity index (χ4n) is 0. The summed E-state index contributed by atoms with van der Waals surface area (Å²) in [6.07, 6.45) is 0. The first-order valence-electron chi connectivity index (χ1n) is 0.865. The molecule has 7 heavy (non-hydrogen) atoms. The molecule has 0 heterocycles. The van der Waals surface area contributed by atoms with E-state index >= 15 is 0 Å². The van der Waals surface area contributed by atoms with Crippen LogP contribution in [0, 0.1) is 0 Å². The van der Waals surface area contributed by atoms with E-state index in [1.165, 1.54) is 0 Å². The van der Waals surface area contributed by atoms with Crippen molar-refractivity contribution in [1.82, 2.24) is 0 Å². The van der Waals surface area contributed by atoms with Gasteiger partial charge in [-0.05, 0) is 0 Å². The van der Waals surface area contributed by atoms with Gasteiger partial charge in [0.05, 0.1) is 0 Å². The zero-order valence-corrected chi connectivity index (χ0v) is 4.59. The molecule has 0 aliphatic rings. The quantitative estimate of drug-likeness (QED) is 0.239. The van der Waals surface area contributed by atoms with Crippen LogP contribution in [0.4, 0.5) is 0 Å². The minimum Gasteiger partial charge on any atom is -0.262 e. The van der Waals surface area contributed by atoms with E-state index in [4.69, 9.17) is 18.2 Å². The van der Waals surface area contributed by atoms with E-state index in [-0.39, 0.29) is 17.1 Å². The van der Waals surface area contributed by atoms with Crippen molar-refractivity contribution in [3.8, 4) is 0 Å². The van der Waals surface area contributed by atoms with Gasteiger partial charge >= 0.3 is 10.4 Å². The van der Waals surface area contributed by atoms with Crippen LogP contribution in [0.25, 0.3) is 0 Å². The van der Waals surface area contributed by atoms with Crippen molar-refractivity contribution in [3.63, 3.8) is 0 Å². The average molecular weight is 178 g/mol. The molecule has 1 radical (unpaired) electrons. The summed E-state index contributed by atoms with van der Waals surface area (Å²) >= 11 is 0.